The van der Waals surface area contributed by atoms with Gasteiger partial charge in [-0.3, -0.25) is 5.10 Å². The monoisotopic (exact) mass is 375 g/mol. The van der Waals surface area contributed by atoms with E-state index in [0.29, 0.717) is 15.7 Å². The van der Waals surface area contributed by atoms with Crippen LogP contribution in [-0.2, 0) is 0 Å². The van der Waals surface area contributed by atoms with Crippen molar-refractivity contribution in [1.82, 2.24) is 20.2 Å². The molecule has 0 saturated heterocycles. The molecule has 3 heterocycles. The summed E-state index contributed by atoms with van der Waals surface area (Å²) in [6, 6.07) is 7.33. The van der Waals surface area contributed by atoms with Crippen LogP contribution in [0.25, 0.3) is 32.0 Å². The minimum Gasteiger partial charge on any atom is -0.368 e. The van der Waals surface area contributed by atoms with Gasteiger partial charge in [-0.2, -0.15) is 5.10 Å². The molecule has 5 nitrogen and oxygen atoms in total. The maximum Gasteiger partial charge on any atom is 0.221 e. The average Bonchev–Trinajstić information content (AvgIpc) is 3.12. The number of aromatic nitrogens is 4. The number of anilines is 1. The number of aryl methyl sites for hydroxylation is 1. The SMILES string of the molecule is Cc1cn[nH]c1-c1cc2c(-c3ccc(Cl)cc3Cl)nc(N)nc2s1. The maximum absolute atomic E-state index is 6.35. The summed E-state index contributed by atoms with van der Waals surface area (Å²) in [6.45, 7) is 2.00. The molecule has 0 aliphatic rings. The van der Waals surface area contributed by atoms with Crippen molar-refractivity contribution in [2.75, 3.05) is 5.73 Å². The molecule has 0 fully saturated rings. The van der Waals surface area contributed by atoms with E-state index in [1.807, 2.05) is 19.1 Å². The van der Waals surface area contributed by atoms with Gasteiger partial charge in [0.05, 0.1) is 27.5 Å². The number of thiophene rings is 1. The Balaban J connectivity index is 1.99. The van der Waals surface area contributed by atoms with E-state index in [1.165, 1.54) is 11.3 Å². The number of H-pyrrole nitrogens is 1. The highest BCUT2D eigenvalue weighted by Crippen LogP contribution is 2.39. The summed E-state index contributed by atoms with van der Waals surface area (Å²) in [5.74, 6) is 0.207. The first-order chi connectivity index (χ1) is 11.5. The number of nitrogens with two attached hydrogens (primary N) is 1. The number of nitrogen functional groups attached to an aromatic ring is 1. The zero-order valence-corrected chi connectivity index (χ0v) is 14.8. The van der Waals surface area contributed by atoms with Crippen molar-refractivity contribution in [3.05, 3.63) is 46.1 Å². The Labute approximate surface area is 151 Å². The van der Waals surface area contributed by atoms with E-state index in [9.17, 15) is 0 Å². The van der Waals surface area contributed by atoms with E-state index in [0.717, 1.165) is 31.9 Å². The number of hydrogen-bond acceptors (Lipinski definition) is 5. The molecule has 24 heavy (non-hydrogen) atoms. The van der Waals surface area contributed by atoms with Crippen molar-refractivity contribution in [2.45, 2.75) is 6.92 Å². The third-order valence-corrected chi connectivity index (χ3v) is 5.27. The van der Waals surface area contributed by atoms with Gasteiger partial charge in [-0.15, -0.1) is 11.3 Å². The Hall–Kier alpha value is -2.15. The van der Waals surface area contributed by atoms with Crippen LogP contribution in [0.3, 0.4) is 0 Å². The molecular weight excluding hydrogens is 365 g/mol. The number of nitrogens with zero attached hydrogens (tertiary/aromatic N) is 3. The molecular formula is C16H11Cl2N5S. The number of hydrogen-bond donors (Lipinski definition) is 2. The molecule has 0 amide bonds. The van der Waals surface area contributed by atoms with Crippen molar-refractivity contribution < 1.29 is 0 Å². The average molecular weight is 376 g/mol. The zero-order valence-electron chi connectivity index (χ0n) is 12.5. The molecule has 0 bridgehead atoms. The van der Waals surface area contributed by atoms with Gasteiger partial charge in [0.2, 0.25) is 5.95 Å². The Morgan fingerprint density at radius 3 is 2.71 bits per heavy atom. The number of aromatic amines is 1. The van der Waals surface area contributed by atoms with Crippen LogP contribution in [0.5, 0.6) is 0 Å². The molecule has 1 aromatic carbocycles. The first-order valence-electron chi connectivity index (χ1n) is 7.06. The molecule has 0 aliphatic heterocycles. The lowest BCUT2D eigenvalue weighted by Gasteiger charge is -2.06. The summed E-state index contributed by atoms with van der Waals surface area (Å²) in [6.07, 6.45) is 1.79. The quantitative estimate of drug-likeness (QED) is 0.519. The summed E-state index contributed by atoms with van der Waals surface area (Å²) >= 11 is 13.9. The topological polar surface area (TPSA) is 80.5 Å². The predicted molar refractivity (Wildman–Crippen MR) is 99.6 cm³/mol. The summed E-state index contributed by atoms with van der Waals surface area (Å²) in [5, 5.41) is 9.07. The molecule has 120 valence electrons. The molecule has 0 unspecified atom stereocenters. The van der Waals surface area contributed by atoms with Gasteiger partial charge in [0, 0.05) is 16.0 Å². The lowest BCUT2D eigenvalue weighted by atomic mass is 10.1. The van der Waals surface area contributed by atoms with E-state index in [1.54, 1.807) is 18.3 Å². The molecule has 4 aromatic rings. The van der Waals surface area contributed by atoms with Gasteiger partial charge in [-0.05, 0) is 36.8 Å². The fourth-order valence-corrected chi connectivity index (χ4v) is 4.14. The van der Waals surface area contributed by atoms with Crippen molar-refractivity contribution in [3.63, 3.8) is 0 Å². The molecule has 0 spiro atoms. The minimum atomic E-state index is 0.207. The standard InChI is InChI=1S/C16H11Cl2N5S/c1-7-6-20-23-13(7)12-5-10-14(21-16(19)22-15(10)24-12)9-3-2-8(17)4-11(9)18/h2-6H,1H3,(H,20,23)(H2,19,21,22). The summed E-state index contributed by atoms with van der Waals surface area (Å²) in [7, 11) is 0. The van der Waals surface area contributed by atoms with Gasteiger partial charge in [-0.1, -0.05) is 23.2 Å². The number of benzene rings is 1. The van der Waals surface area contributed by atoms with E-state index in [2.05, 4.69) is 20.2 Å². The second-order valence-corrected chi connectivity index (χ2v) is 7.19. The number of nitrogens with one attached hydrogen (secondary N) is 1. The maximum atomic E-state index is 6.35. The largest absolute Gasteiger partial charge is 0.368 e. The number of halogens is 2. The Morgan fingerprint density at radius 2 is 2.00 bits per heavy atom. The van der Waals surface area contributed by atoms with E-state index in [-0.39, 0.29) is 5.95 Å². The van der Waals surface area contributed by atoms with E-state index in [4.69, 9.17) is 28.9 Å². The van der Waals surface area contributed by atoms with E-state index >= 15 is 0 Å². The van der Waals surface area contributed by atoms with Crippen LogP contribution < -0.4 is 5.73 Å². The first-order valence-corrected chi connectivity index (χ1v) is 8.63. The molecule has 0 aliphatic carbocycles. The highest BCUT2D eigenvalue weighted by Gasteiger charge is 2.17. The number of fused-ring (bicyclic) bond motifs is 1. The van der Waals surface area contributed by atoms with Gasteiger partial charge in [0.15, 0.2) is 0 Å². The van der Waals surface area contributed by atoms with Gasteiger partial charge in [0.1, 0.15) is 4.83 Å². The van der Waals surface area contributed by atoms with Crippen LogP contribution in [0.1, 0.15) is 5.56 Å². The molecule has 3 N–H and O–H groups in total. The molecule has 8 heteroatoms. The Kier molecular flexibility index (Phi) is 3.68. The van der Waals surface area contributed by atoms with E-state index < -0.39 is 0 Å². The van der Waals surface area contributed by atoms with Crippen molar-refractivity contribution in [2.24, 2.45) is 0 Å². The molecule has 0 radical (unpaired) electrons. The van der Waals surface area contributed by atoms with Crippen LogP contribution >= 0.6 is 34.5 Å². The summed E-state index contributed by atoms with van der Waals surface area (Å²) < 4.78 is 0. The third kappa shape index (κ3) is 2.53. The lowest BCUT2D eigenvalue weighted by Crippen LogP contribution is -1.96. The molecule has 0 atom stereocenters. The highest BCUT2D eigenvalue weighted by atomic mass is 35.5. The second-order valence-electron chi connectivity index (χ2n) is 5.31. The molecule has 3 aromatic heterocycles. The predicted octanol–water partition coefficient (Wildman–Crippen LogP) is 4.95. The Morgan fingerprint density at radius 1 is 1.17 bits per heavy atom. The van der Waals surface area contributed by atoms with Gasteiger partial charge < -0.3 is 5.73 Å². The third-order valence-electron chi connectivity index (χ3n) is 3.67. The van der Waals surface area contributed by atoms with Crippen LogP contribution in [0.2, 0.25) is 10.0 Å². The highest BCUT2D eigenvalue weighted by molar-refractivity contribution is 7.21. The molecule has 0 saturated carbocycles. The first kappa shape index (κ1) is 15.4. The minimum absolute atomic E-state index is 0.207. The molecule has 4 rings (SSSR count). The Bertz CT molecular complexity index is 1070. The van der Waals surface area contributed by atoms with Crippen LogP contribution in [0.15, 0.2) is 30.5 Å². The van der Waals surface area contributed by atoms with Gasteiger partial charge in [-0.25, -0.2) is 9.97 Å². The second kappa shape index (κ2) is 5.73. The fourth-order valence-electron chi connectivity index (χ4n) is 2.54. The normalized spacial score (nSPS) is 11.3. The van der Waals surface area contributed by atoms with Crippen LogP contribution in [0.4, 0.5) is 5.95 Å². The fraction of sp³-hybridized carbons (Fsp3) is 0.0625. The lowest BCUT2D eigenvalue weighted by molar-refractivity contribution is 1.10. The van der Waals surface area contributed by atoms with Gasteiger partial charge >= 0.3 is 0 Å². The van der Waals surface area contributed by atoms with Gasteiger partial charge in [0.25, 0.3) is 0 Å². The summed E-state index contributed by atoms with van der Waals surface area (Å²) in [5.41, 5.74) is 9.38. The van der Waals surface area contributed by atoms with Crippen LogP contribution in [-0.4, -0.2) is 20.2 Å². The van der Waals surface area contributed by atoms with Crippen LogP contribution in [0, 0.1) is 6.92 Å². The number of rotatable bonds is 2. The van der Waals surface area contributed by atoms with Crippen molar-refractivity contribution in [3.8, 4) is 21.8 Å². The smallest absolute Gasteiger partial charge is 0.221 e. The van der Waals surface area contributed by atoms with Crippen molar-refractivity contribution in [1.29, 1.82) is 0 Å². The zero-order chi connectivity index (χ0) is 16.8. The van der Waals surface area contributed by atoms with Crippen molar-refractivity contribution >= 4 is 50.7 Å². The summed E-state index contributed by atoms with van der Waals surface area (Å²) in [4.78, 5) is 10.6.